The van der Waals surface area contributed by atoms with Crippen molar-refractivity contribution in [2.75, 3.05) is 6.54 Å². The molecule has 0 radical (unpaired) electrons. The van der Waals surface area contributed by atoms with Crippen LogP contribution in [0.15, 0.2) is 23.6 Å². The highest BCUT2D eigenvalue weighted by atomic mass is 15.3. The molecular formula is C10H12N4. The molecule has 1 aliphatic carbocycles. The number of nitrogens with one attached hydrogen (secondary N) is 1. The number of nitrogens with zero attached hydrogens (tertiary/aromatic N) is 3. The van der Waals surface area contributed by atoms with Crippen LogP contribution in [0.25, 0.3) is 0 Å². The zero-order valence-corrected chi connectivity index (χ0v) is 7.85. The first-order valence-corrected chi connectivity index (χ1v) is 5.02. The average molecular weight is 188 g/mol. The fourth-order valence-corrected chi connectivity index (χ4v) is 1.88. The van der Waals surface area contributed by atoms with Gasteiger partial charge < -0.3 is 5.43 Å². The van der Waals surface area contributed by atoms with Crippen molar-refractivity contribution in [1.29, 1.82) is 0 Å². The van der Waals surface area contributed by atoms with Gasteiger partial charge in [0, 0.05) is 18.9 Å². The van der Waals surface area contributed by atoms with Crippen molar-refractivity contribution >= 4 is 5.71 Å². The summed E-state index contributed by atoms with van der Waals surface area (Å²) in [5.74, 6) is 1.91. The zero-order chi connectivity index (χ0) is 9.38. The third-order valence-corrected chi connectivity index (χ3v) is 2.75. The summed E-state index contributed by atoms with van der Waals surface area (Å²) in [6.45, 7) is 0.857. The highest BCUT2D eigenvalue weighted by Crippen LogP contribution is 2.36. The highest BCUT2D eigenvalue weighted by molar-refractivity contribution is 5.95. The summed E-state index contributed by atoms with van der Waals surface area (Å²) >= 11 is 0. The van der Waals surface area contributed by atoms with E-state index in [1.165, 1.54) is 18.6 Å². The van der Waals surface area contributed by atoms with Crippen LogP contribution in [0.5, 0.6) is 0 Å². The van der Waals surface area contributed by atoms with Gasteiger partial charge in [-0.3, -0.25) is 0 Å². The Bertz CT molecular complexity index is 356. The van der Waals surface area contributed by atoms with E-state index in [9.17, 15) is 0 Å². The second-order valence-corrected chi connectivity index (χ2v) is 3.83. The Morgan fingerprint density at radius 2 is 2.00 bits per heavy atom. The minimum atomic E-state index is 0.309. The highest BCUT2D eigenvalue weighted by Gasteiger charge is 2.37. The van der Waals surface area contributed by atoms with Crippen molar-refractivity contribution in [3.8, 4) is 0 Å². The van der Waals surface area contributed by atoms with Crippen LogP contribution in [0.3, 0.4) is 0 Å². The third kappa shape index (κ3) is 1.27. The monoisotopic (exact) mass is 188 g/mol. The molecule has 1 atom stereocenters. The van der Waals surface area contributed by atoms with Crippen LogP contribution < -0.4 is 5.43 Å². The van der Waals surface area contributed by atoms with Gasteiger partial charge >= 0.3 is 0 Å². The van der Waals surface area contributed by atoms with E-state index in [1.54, 1.807) is 12.4 Å². The van der Waals surface area contributed by atoms with E-state index in [2.05, 4.69) is 20.5 Å². The third-order valence-electron chi connectivity index (χ3n) is 2.75. The zero-order valence-electron chi connectivity index (χ0n) is 7.85. The SMILES string of the molecule is c1cnc(C2CNN=C2C2CC2)nc1. The lowest BCUT2D eigenvalue weighted by atomic mass is 10.00. The largest absolute Gasteiger partial charge is 0.309 e. The van der Waals surface area contributed by atoms with Crippen molar-refractivity contribution in [2.24, 2.45) is 11.0 Å². The fourth-order valence-electron chi connectivity index (χ4n) is 1.88. The lowest BCUT2D eigenvalue weighted by Crippen LogP contribution is -2.17. The standard InChI is InChI=1S/C10H12N4/c1-4-11-10(12-5-1)8-6-13-14-9(8)7-2-3-7/h1,4-5,7-8,13H,2-3,6H2. The Balaban J connectivity index is 1.88. The molecule has 2 aliphatic rings. The maximum absolute atomic E-state index is 4.34. The normalized spacial score (nSPS) is 25.7. The van der Waals surface area contributed by atoms with Crippen LogP contribution in [-0.4, -0.2) is 22.2 Å². The molecule has 1 aromatic heterocycles. The summed E-state index contributed by atoms with van der Waals surface area (Å²) in [6.07, 6.45) is 6.16. The van der Waals surface area contributed by atoms with Crippen molar-refractivity contribution in [1.82, 2.24) is 15.4 Å². The maximum atomic E-state index is 4.34. The molecular weight excluding hydrogens is 176 g/mol. The van der Waals surface area contributed by atoms with Crippen molar-refractivity contribution < 1.29 is 0 Å². The molecule has 0 amide bonds. The Labute approximate surface area is 82.5 Å². The van der Waals surface area contributed by atoms with Crippen LogP contribution >= 0.6 is 0 Å². The van der Waals surface area contributed by atoms with E-state index in [0.29, 0.717) is 11.8 Å². The first-order valence-electron chi connectivity index (χ1n) is 5.02. The lowest BCUT2D eigenvalue weighted by molar-refractivity contribution is 0.729. The molecule has 0 bridgehead atoms. The van der Waals surface area contributed by atoms with Crippen molar-refractivity contribution in [3.63, 3.8) is 0 Å². The van der Waals surface area contributed by atoms with Crippen LogP contribution in [0.1, 0.15) is 24.6 Å². The van der Waals surface area contributed by atoms with Gasteiger partial charge in [0.2, 0.25) is 0 Å². The predicted octanol–water partition coefficient (Wildman–Crippen LogP) is 0.929. The first-order chi connectivity index (χ1) is 6.95. The molecule has 14 heavy (non-hydrogen) atoms. The Morgan fingerprint density at radius 3 is 2.71 bits per heavy atom. The van der Waals surface area contributed by atoms with Gasteiger partial charge in [0.1, 0.15) is 5.82 Å². The van der Waals surface area contributed by atoms with E-state index in [-0.39, 0.29) is 0 Å². The predicted molar refractivity (Wildman–Crippen MR) is 52.9 cm³/mol. The minimum Gasteiger partial charge on any atom is -0.309 e. The Morgan fingerprint density at radius 1 is 1.21 bits per heavy atom. The van der Waals surface area contributed by atoms with Gasteiger partial charge in [-0.05, 0) is 24.8 Å². The molecule has 1 saturated carbocycles. The number of hydrogen-bond donors (Lipinski definition) is 1. The molecule has 1 aromatic rings. The van der Waals surface area contributed by atoms with Crippen LogP contribution in [0, 0.1) is 5.92 Å². The molecule has 4 heteroatoms. The van der Waals surface area contributed by atoms with E-state index in [0.717, 1.165) is 12.4 Å². The molecule has 0 spiro atoms. The summed E-state index contributed by atoms with van der Waals surface area (Å²) in [7, 11) is 0. The van der Waals surface area contributed by atoms with E-state index in [1.807, 2.05) is 6.07 Å². The van der Waals surface area contributed by atoms with Crippen LogP contribution in [0.4, 0.5) is 0 Å². The maximum Gasteiger partial charge on any atom is 0.138 e. The van der Waals surface area contributed by atoms with Gasteiger partial charge in [-0.25, -0.2) is 9.97 Å². The van der Waals surface area contributed by atoms with Gasteiger partial charge in [0.05, 0.1) is 11.6 Å². The van der Waals surface area contributed by atoms with E-state index < -0.39 is 0 Å². The molecule has 0 aromatic carbocycles. The number of aromatic nitrogens is 2. The lowest BCUT2D eigenvalue weighted by Gasteiger charge is -2.08. The smallest absolute Gasteiger partial charge is 0.138 e. The van der Waals surface area contributed by atoms with Gasteiger partial charge in [-0.15, -0.1) is 0 Å². The van der Waals surface area contributed by atoms with Crippen LogP contribution in [-0.2, 0) is 0 Å². The fraction of sp³-hybridized carbons (Fsp3) is 0.500. The molecule has 1 unspecified atom stereocenters. The van der Waals surface area contributed by atoms with Gasteiger partial charge in [0.25, 0.3) is 0 Å². The number of rotatable bonds is 2. The Kier molecular flexibility index (Phi) is 1.72. The van der Waals surface area contributed by atoms with Crippen molar-refractivity contribution in [2.45, 2.75) is 18.8 Å². The van der Waals surface area contributed by atoms with E-state index >= 15 is 0 Å². The van der Waals surface area contributed by atoms with Gasteiger partial charge in [-0.1, -0.05) is 0 Å². The topological polar surface area (TPSA) is 50.2 Å². The summed E-state index contributed by atoms with van der Waals surface area (Å²) in [5, 5.41) is 4.34. The van der Waals surface area contributed by atoms with Crippen LogP contribution in [0.2, 0.25) is 0 Å². The molecule has 0 saturated heterocycles. The average Bonchev–Trinajstić information content (AvgIpc) is 2.98. The Hall–Kier alpha value is -1.45. The van der Waals surface area contributed by atoms with Gasteiger partial charge in [0.15, 0.2) is 0 Å². The molecule has 72 valence electrons. The number of hydrogen-bond acceptors (Lipinski definition) is 4. The molecule has 1 aliphatic heterocycles. The second kappa shape index (κ2) is 3.04. The van der Waals surface area contributed by atoms with Gasteiger partial charge in [-0.2, -0.15) is 5.10 Å². The summed E-state index contributed by atoms with van der Waals surface area (Å²) < 4.78 is 0. The first kappa shape index (κ1) is 7.91. The van der Waals surface area contributed by atoms with E-state index in [4.69, 9.17) is 0 Å². The quantitative estimate of drug-likeness (QED) is 0.751. The van der Waals surface area contributed by atoms with Crippen molar-refractivity contribution in [3.05, 3.63) is 24.3 Å². The summed E-state index contributed by atoms with van der Waals surface area (Å²) in [4.78, 5) is 8.58. The molecule has 2 heterocycles. The molecule has 3 rings (SSSR count). The second-order valence-electron chi connectivity index (χ2n) is 3.83. The molecule has 1 N–H and O–H groups in total. The summed E-state index contributed by atoms with van der Waals surface area (Å²) in [6, 6.07) is 1.85. The summed E-state index contributed by atoms with van der Waals surface area (Å²) in [5.41, 5.74) is 4.31. The number of hydrazone groups is 1. The molecule has 4 nitrogen and oxygen atoms in total. The minimum absolute atomic E-state index is 0.309. The molecule has 1 fully saturated rings.